The SMILES string of the molecule is CC1CC1C(=O)Cc1cc(Br)cc2c1OCC2. The van der Waals surface area contributed by atoms with Crippen molar-refractivity contribution in [2.24, 2.45) is 11.8 Å². The van der Waals surface area contributed by atoms with Crippen molar-refractivity contribution in [3.8, 4) is 5.75 Å². The van der Waals surface area contributed by atoms with E-state index in [2.05, 4.69) is 28.9 Å². The highest BCUT2D eigenvalue weighted by Gasteiger charge is 2.38. The van der Waals surface area contributed by atoms with Gasteiger partial charge in [0.25, 0.3) is 0 Å². The first kappa shape index (κ1) is 11.3. The molecule has 0 N–H and O–H groups in total. The van der Waals surface area contributed by atoms with E-state index in [1.54, 1.807) is 0 Å². The number of carbonyl (C=O) groups is 1. The lowest BCUT2D eigenvalue weighted by Gasteiger charge is -2.08. The summed E-state index contributed by atoms with van der Waals surface area (Å²) in [5.74, 6) is 2.21. The molecule has 2 nitrogen and oxygen atoms in total. The van der Waals surface area contributed by atoms with Crippen LogP contribution in [-0.2, 0) is 17.6 Å². The first-order valence-corrected chi connectivity index (χ1v) is 6.91. The molecule has 17 heavy (non-hydrogen) atoms. The van der Waals surface area contributed by atoms with Crippen molar-refractivity contribution >= 4 is 21.7 Å². The van der Waals surface area contributed by atoms with Crippen molar-refractivity contribution in [3.63, 3.8) is 0 Å². The van der Waals surface area contributed by atoms with Crippen LogP contribution in [0.25, 0.3) is 0 Å². The van der Waals surface area contributed by atoms with Gasteiger partial charge in [0.1, 0.15) is 11.5 Å². The molecule has 0 spiro atoms. The Morgan fingerprint density at radius 3 is 3.00 bits per heavy atom. The van der Waals surface area contributed by atoms with Crippen LogP contribution >= 0.6 is 15.9 Å². The third kappa shape index (κ3) is 2.13. The number of fused-ring (bicyclic) bond motifs is 1. The maximum atomic E-state index is 12.0. The Hall–Kier alpha value is -0.830. The predicted molar refractivity (Wildman–Crippen MR) is 69.3 cm³/mol. The van der Waals surface area contributed by atoms with Crippen molar-refractivity contribution in [1.29, 1.82) is 0 Å². The number of Topliss-reactive ketones (excluding diaryl/α,β-unsaturated/α-hetero) is 1. The standard InChI is InChI=1S/C14H15BrO2/c1-8-4-12(8)13(16)7-10-6-11(15)5-9-2-3-17-14(9)10/h5-6,8,12H,2-4,7H2,1H3. The van der Waals surface area contributed by atoms with Crippen molar-refractivity contribution < 1.29 is 9.53 Å². The topological polar surface area (TPSA) is 26.3 Å². The second-order valence-electron chi connectivity index (χ2n) is 5.11. The summed E-state index contributed by atoms with van der Waals surface area (Å²) < 4.78 is 6.69. The minimum Gasteiger partial charge on any atom is -0.493 e. The number of rotatable bonds is 3. The predicted octanol–water partition coefficient (Wildman–Crippen LogP) is 3.15. The first-order chi connectivity index (χ1) is 8.15. The zero-order valence-corrected chi connectivity index (χ0v) is 11.4. The average Bonchev–Trinajstić information content (AvgIpc) is 2.82. The Labute approximate surface area is 109 Å². The van der Waals surface area contributed by atoms with Crippen LogP contribution in [0, 0.1) is 11.8 Å². The Balaban J connectivity index is 1.85. The number of ether oxygens (including phenoxy) is 1. The quantitative estimate of drug-likeness (QED) is 0.856. The summed E-state index contributed by atoms with van der Waals surface area (Å²) in [6.07, 6.45) is 2.54. The van der Waals surface area contributed by atoms with E-state index in [1.807, 2.05) is 6.07 Å². The summed E-state index contributed by atoms with van der Waals surface area (Å²) >= 11 is 3.50. The summed E-state index contributed by atoms with van der Waals surface area (Å²) in [5.41, 5.74) is 2.28. The van der Waals surface area contributed by atoms with Gasteiger partial charge in [0.05, 0.1) is 6.61 Å². The van der Waals surface area contributed by atoms with Crippen molar-refractivity contribution in [2.75, 3.05) is 6.61 Å². The average molecular weight is 295 g/mol. The Kier molecular flexibility index (Phi) is 2.74. The number of hydrogen-bond donors (Lipinski definition) is 0. The van der Waals surface area contributed by atoms with Crippen molar-refractivity contribution in [3.05, 3.63) is 27.7 Å². The molecule has 1 aromatic rings. The van der Waals surface area contributed by atoms with Crippen LogP contribution in [0.2, 0.25) is 0 Å². The van der Waals surface area contributed by atoms with Gasteiger partial charge in [0, 0.05) is 28.8 Å². The lowest BCUT2D eigenvalue weighted by atomic mass is 10.0. The molecule has 2 atom stereocenters. The Morgan fingerprint density at radius 1 is 1.53 bits per heavy atom. The number of halogens is 1. The number of carbonyl (C=O) groups excluding carboxylic acids is 1. The van der Waals surface area contributed by atoms with Gasteiger partial charge in [-0.15, -0.1) is 0 Å². The van der Waals surface area contributed by atoms with Crippen LogP contribution < -0.4 is 4.74 Å². The molecule has 1 heterocycles. The lowest BCUT2D eigenvalue weighted by molar-refractivity contribution is -0.119. The zero-order chi connectivity index (χ0) is 12.0. The smallest absolute Gasteiger partial charge is 0.140 e. The van der Waals surface area contributed by atoms with E-state index in [1.165, 1.54) is 5.56 Å². The summed E-state index contributed by atoms with van der Waals surface area (Å²) in [6.45, 7) is 2.89. The third-order valence-corrected chi connectivity index (χ3v) is 4.17. The minimum absolute atomic E-state index is 0.297. The maximum absolute atomic E-state index is 12.0. The van der Waals surface area contributed by atoms with Crippen LogP contribution in [0.1, 0.15) is 24.5 Å². The lowest BCUT2D eigenvalue weighted by Crippen LogP contribution is -2.07. The molecule has 1 aliphatic carbocycles. The van der Waals surface area contributed by atoms with Gasteiger partial charge in [-0.2, -0.15) is 0 Å². The molecular formula is C14H15BrO2. The fourth-order valence-electron chi connectivity index (χ4n) is 2.57. The van der Waals surface area contributed by atoms with Gasteiger partial charge in [-0.1, -0.05) is 22.9 Å². The second-order valence-corrected chi connectivity index (χ2v) is 6.03. The molecule has 90 valence electrons. The van der Waals surface area contributed by atoms with Gasteiger partial charge in [-0.25, -0.2) is 0 Å². The van der Waals surface area contributed by atoms with E-state index in [9.17, 15) is 4.79 Å². The van der Waals surface area contributed by atoms with E-state index in [0.29, 0.717) is 24.0 Å². The fraction of sp³-hybridized carbons (Fsp3) is 0.500. The zero-order valence-electron chi connectivity index (χ0n) is 9.83. The normalized spacial score (nSPS) is 25.3. The molecule has 2 unspecified atom stereocenters. The Morgan fingerprint density at radius 2 is 2.29 bits per heavy atom. The van der Waals surface area contributed by atoms with Crippen LogP contribution in [0.15, 0.2) is 16.6 Å². The summed E-state index contributed by atoms with van der Waals surface area (Å²) in [5, 5.41) is 0. The van der Waals surface area contributed by atoms with E-state index in [0.717, 1.165) is 35.2 Å². The third-order valence-electron chi connectivity index (χ3n) is 3.71. The first-order valence-electron chi connectivity index (χ1n) is 6.12. The van der Waals surface area contributed by atoms with Gasteiger partial charge >= 0.3 is 0 Å². The molecule has 2 aliphatic rings. The maximum Gasteiger partial charge on any atom is 0.140 e. The van der Waals surface area contributed by atoms with Gasteiger partial charge in [-0.3, -0.25) is 4.79 Å². The fourth-order valence-corrected chi connectivity index (χ4v) is 3.12. The van der Waals surface area contributed by atoms with Crippen molar-refractivity contribution in [1.82, 2.24) is 0 Å². The summed E-state index contributed by atoms with van der Waals surface area (Å²) in [4.78, 5) is 12.0. The highest BCUT2D eigenvalue weighted by atomic mass is 79.9. The van der Waals surface area contributed by atoms with E-state index in [-0.39, 0.29) is 0 Å². The molecule has 1 fully saturated rings. The van der Waals surface area contributed by atoms with Crippen LogP contribution in [-0.4, -0.2) is 12.4 Å². The largest absolute Gasteiger partial charge is 0.493 e. The minimum atomic E-state index is 0.297. The molecule has 1 aliphatic heterocycles. The van der Waals surface area contributed by atoms with E-state index in [4.69, 9.17) is 4.74 Å². The number of benzene rings is 1. The molecular weight excluding hydrogens is 280 g/mol. The van der Waals surface area contributed by atoms with E-state index >= 15 is 0 Å². The molecule has 3 heteroatoms. The van der Waals surface area contributed by atoms with Crippen LogP contribution in [0.4, 0.5) is 0 Å². The molecule has 1 aromatic carbocycles. The second kappa shape index (κ2) is 4.13. The van der Waals surface area contributed by atoms with Gasteiger partial charge in [0.2, 0.25) is 0 Å². The molecule has 0 bridgehead atoms. The van der Waals surface area contributed by atoms with Crippen molar-refractivity contribution in [2.45, 2.75) is 26.2 Å². The Bertz CT molecular complexity index is 481. The highest BCUT2D eigenvalue weighted by molar-refractivity contribution is 9.10. The van der Waals surface area contributed by atoms with Crippen LogP contribution in [0.5, 0.6) is 5.75 Å². The van der Waals surface area contributed by atoms with Gasteiger partial charge < -0.3 is 4.74 Å². The van der Waals surface area contributed by atoms with Gasteiger partial charge in [-0.05, 0) is 30.0 Å². The molecule has 0 aromatic heterocycles. The summed E-state index contributed by atoms with van der Waals surface area (Å²) in [7, 11) is 0. The molecule has 3 rings (SSSR count). The molecule has 0 amide bonds. The number of ketones is 1. The highest BCUT2D eigenvalue weighted by Crippen LogP contribution is 2.40. The monoisotopic (exact) mass is 294 g/mol. The number of hydrogen-bond acceptors (Lipinski definition) is 2. The molecule has 0 saturated heterocycles. The van der Waals surface area contributed by atoms with E-state index < -0.39 is 0 Å². The van der Waals surface area contributed by atoms with Crippen LogP contribution in [0.3, 0.4) is 0 Å². The van der Waals surface area contributed by atoms with Gasteiger partial charge in [0.15, 0.2) is 0 Å². The molecule has 0 radical (unpaired) electrons. The molecule has 1 saturated carbocycles. The summed E-state index contributed by atoms with van der Waals surface area (Å²) in [6, 6.07) is 4.12.